The minimum absolute atomic E-state index is 0.180. The molecule has 0 aliphatic rings. The first-order valence-electron chi connectivity index (χ1n) is 5.76. The van der Waals surface area contributed by atoms with Crippen LogP contribution in [-0.2, 0) is 6.42 Å². The number of nitrogens with one attached hydrogen (secondary N) is 2. The lowest BCUT2D eigenvalue weighted by atomic mass is 9.85. The molecule has 0 amide bonds. The molecule has 4 heteroatoms. The normalized spacial score (nSPS) is 12.2. The van der Waals surface area contributed by atoms with Gasteiger partial charge >= 0.3 is 5.76 Å². The molecule has 2 aromatic rings. The Kier molecular flexibility index (Phi) is 3.07. The fourth-order valence-electron chi connectivity index (χ4n) is 2.19. The molecule has 4 nitrogen and oxygen atoms in total. The van der Waals surface area contributed by atoms with Gasteiger partial charge < -0.3 is 9.73 Å². The van der Waals surface area contributed by atoms with Crippen LogP contribution in [0.25, 0.3) is 11.1 Å². The molecule has 1 heterocycles. The quantitative estimate of drug-likeness (QED) is 0.849. The summed E-state index contributed by atoms with van der Waals surface area (Å²) in [6.45, 7) is 5.37. The average molecular weight is 234 g/mol. The monoisotopic (exact) mass is 234 g/mol. The van der Waals surface area contributed by atoms with E-state index in [-0.39, 0.29) is 5.41 Å². The van der Waals surface area contributed by atoms with Gasteiger partial charge in [0.15, 0.2) is 5.58 Å². The fourth-order valence-corrected chi connectivity index (χ4v) is 2.19. The zero-order chi connectivity index (χ0) is 12.5. The molecule has 0 aliphatic carbocycles. The van der Waals surface area contributed by atoms with Crippen LogP contribution in [-0.4, -0.2) is 18.6 Å². The van der Waals surface area contributed by atoms with Crippen LogP contribution >= 0.6 is 0 Å². The number of hydrogen-bond donors (Lipinski definition) is 2. The van der Waals surface area contributed by atoms with E-state index in [1.165, 1.54) is 5.56 Å². The van der Waals surface area contributed by atoms with Crippen molar-refractivity contribution in [1.82, 2.24) is 10.3 Å². The highest BCUT2D eigenvalue weighted by Crippen LogP contribution is 2.22. The van der Waals surface area contributed by atoms with E-state index in [0.29, 0.717) is 5.58 Å². The van der Waals surface area contributed by atoms with E-state index in [0.717, 1.165) is 18.5 Å². The maximum atomic E-state index is 11.1. The maximum Gasteiger partial charge on any atom is 0.417 e. The van der Waals surface area contributed by atoms with Crippen molar-refractivity contribution in [2.45, 2.75) is 20.3 Å². The first kappa shape index (κ1) is 11.9. The van der Waals surface area contributed by atoms with Gasteiger partial charge in [-0.3, -0.25) is 4.98 Å². The molecular weight excluding hydrogens is 216 g/mol. The Morgan fingerprint density at radius 2 is 2.18 bits per heavy atom. The molecule has 1 aromatic carbocycles. The number of hydrogen-bond acceptors (Lipinski definition) is 3. The van der Waals surface area contributed by atoms with Crippen LogP contribution in [0.5, 0.6) is 0 Å². The smallest absolute Gasteiger partial charge is 0.408 e. The van der Waals surface area contributed by atoms with E-state index in [1.807, 2.05) is 25.2 Å². The van der Waals surface area contributed by atoms with Crippen molar-refractivity contribution in [3.8, 4) is 0 Å². The third-order valence-corrected chi connectivity index (χ3v) is 2.82. The summed E-state index contributed by atoms with van der Waals surface area (Å²) in [7, 11) is 1.95. The number of oxazole rings is 1. The zero-order valence-corrected chi connectivity index (χ0v) is 10.5. The molecule has 0 saturated carbocycles. The van der Waals surface area contributed by atoms with Gasteiger partial charge in [-0.2, -0.15) is 0 Å². The van der Waals surface area contributed by atoms with Crippen molar-refractivity contribution in [2.24, 2.45) is 5.41 Å². The first-order chi connectivity index (χ1) is 8.00. The summed E-state index contributed by atoms with van der Waals surface area (Å²) in [5, 5.41) is 3.19. The Labute approximate surface area is 100 Å². The maximum absolute atomic E-state index is 11.1. The molecule has 0 radical (unpaired) electrons. The number of aromatic amines is 1. The Hall–Kier alpha value is -1.55. The van der Waals surface area contributed by atoms with Gasteiger partial charge in [-0.1, -0.05) is 19.9 Å². The second kappa shape index (κ2) is 4.37. The van der Waals surface area contributed by atoms with Gasteiger partial charge in [0.2, 0.25) is 0 Å². The van der Waals surface area contributed by atoms with Gasteiger partial charge in [0, 0.05) is 6.54 Å². The molecule has 92 valence electrons. The Morgan fingerprint density at radius 3 is 2.88 bits per heavy atom. The summed E-state index contributed by atoms with van der Waals surface area (Å²) in [6, 6.07) is 5.86. The Morgan fingerprint density at radius 1 is 1.41 bits per heavy atom. The summed E-state index contributed by atoms with van der Waals surface area (Å²) >= 11 is 0. The average Bonchev–Trinajstić information content (AvgIpc) is 2.56. The van der Waals surface area contributed by atoms with Crippen LogP contribution in [0.15, 0.2) is 27.4 Å². The van der Waals surface area contributed by atoms with Gasteiger partial charge in [0.05, 0.1) is 5.52 Å². The molecule has 17 heavy (non-hydrogen) atoms. The molecule has 2 rings (SSSR count). The van der Waals surface area contributed by atoms with Gasteiger partial charge in [-0.25, -0.2) is 4.79 Å². The Balaban J connectivity index is 2.27. The summed E-state index contributed by atoms with van der Waals surface area (Å²) in [4.78, 5) is 13.7. The van der Waals surface area contributed by atoms with E-state index in [2.05, 4.69) is 24.1 Å². The van der Waals surface area contributed by atoms with E-state index in [1.54, 1.807) is 0 Å². The fraction of sp³-hybridized carbons (Fsp3) is 0.462. The molecule has 0 spiro atoms. The molecular formula is C13H18N2O2. The van der Waals surface area contributed by atoms with Crippen molar-refractivity contribution >= 4 is 11.1 Å². The zero-order valence-electron chi connectivity index (χ0n) is 10.5. The van der Waals surface area contributed by atoms with Gasteiger partial charge in [0.25, 0.3) is 0 Å². The van der Waals surface area contributed by atoms with E-state index < -0.39 is 5.76 Å². The van der Waals surface area contributed by atoms with E-state index in [9.17, 15) is 4.79 Å². The van der Waals surface area contributed by atoms with Crippen molar-refractivity contribution in [2.75, 3.05) is 13.6 Å². The third-order valence-electron chi connectivity index (χ3n) is 2.82. The third kappa shape index (κ3) is 2.77. The van der Waals surface area contributed by atoms with Gasteiger partial charge in [-0.05, 0) is 36.6 Å². The van der Waals surface area contributed by atoms with Crippen LogP contribution in [0, 0.1) is 5.41 Å². The predicted octanol–water partition coefficient (Wildman–Crippen LogP) is 1.91. The summed E-state index contributed by atoms with van der Waals surface area (Å²) < 4.78 is 5.06. The largest absolute Gasteiger partial charge is 0.417 e. The Bertz CT molecular complexity index is 566. The molecule has 0 atom stereocenters. The molecule has 0 bridgehead atoms. The van der Waals surface area contributed by atoms with Crippen LogP contribution in [0.3, 0.4) is 0 Å². The van der Waals surface area contributed by atoms with Crippen molar-refractivity contribution < 1.29 is 4.42 Å². The van der Waals surface area contributed by atoms with Crippen LogP contribution in [0.2, 0.25) is 0 Å². The lowest BCUT2D eigenvalue weighted by molar-refractivity contribution is 0.350. The highest BCUT2D eigenvalue weighted by molar-refractivity contribution is 5.72. The van der Waals surface area contributed by atoms with E-state index in [4.69, 9.17) is 4.42 Å². The summed E-state index contributed by atoms with van der Waals surface area (Å²) in [5.41, 5.74) is 2.75. The summed E-state index contributed by atoms with van der Waals surface area (Å²) in [6.07, 6.45) is 0.943. The second-order valence-corrected chi connectivity index (χ2v) is 5.22. The minimum Gasteiger partial charge on any atom is -0.408 e. The number of aromatic nitrogens is 1. The topological polar surface area (TPSA) is 58.0 Å². The lowest BCUT2D eigenvalue weighted by Crippen LogP contribution is -2.28. The predicted molar refractivity (Wildman–Crippen MR) is 68.2 cm³/mol. The number of fused-ring (bicyclic) bond motifs is 1. The van der Waals surface area contributed by atoms with Crippen LogP contribution < -0.4 is 11.1 Å². The lowest BCUT2D eigenvalue weighted by Gasteiger charge is -2.24. The number of benzene rings is 1. The number of H-pyrrole nitrogens is 1. The molecule has 0 saturated heterocycles. The van der Waals surface area contributed by atoms with E-state index >= 15 is 0 Å². The SMILES string of the molecule is CNCC(C)(C)Cc1ccc2[nH]c(=O)oc2c1. The van der Waals surface area contributed by atoms with Crippen LogP contribution in [0.4, 0.5) is 0 Å². The highest BCUT2D eigenvalue weighted by Gasteiger charge is 2.17. The number of rotatable bonds is 4. The van der Waals surface area contributed by atoms with Crippen LogP contribution in [0.1, 0.15) is 19.4 Å². The molecule has 0 fully saturated rings. The standard InChI is InChI=1S/C13H18N2O2/c1-13(2,8-14-3)7-9-4-5-10-11(6-9)17-12(16)15-10/h4-6,14H,7-8H2,1-3H3,(H,15,16). The first-order valence-corrected chi connectivity index (χ1v) is 5.76. The molecule has 1 aromatic heterocycles. The minimum atomic E-state index is -0.397. The van der Waals surface area contributed by atoms with Gasteiger partial charge in [0.1, 0.15) is 0 Å². The molecule has 2 N–H and O–H groups in total. The molecule has 0 aliphatic heterocycles. The van der Waals surface area contributed by atoms with Crippen molar-refractivity contribution in [3.05, 3.63) is 34.3 Å². The van der Waals surface area contributed by atoms with Crippen molar-refractivity contribution in [1.29, 1.82) is 0 Å². The van der Waals surface area contributed by atoms with Gasteiger partial charge in [-0.15, -0.1) is 0 Å². The van der Waals surface area contributed by atoms with Crippen molar-refractivity contribution in [3.63, 3.8) is 0 Å². The summed E-state index contributed by atoms with van der Waals surface area (Å²) in [5.74, 6) is -0.397. The molecule has 0 unspecified atom stereocenters. The second-order valence-electron chi connectivity index (χ2n) is 5.22. The highest BCUT2D eigenvalue weighted by atomic mass is 16.4.